The van der Waals surface area contributed by atoms with Gasteiger partial charge in [0.15, 0.2) is 25.5 Å². The van der Waals surface area contributed by atoms with Crippen LogP contribution in [0.4, 0.5) is 0 Å². The van der Waals surface area contributed by atoms with Crippen molar-refractivity contribution in [3.8, 4) is 56.4 Å². The van der Waals surface area contributed by atoms with Crippen LogP contribution < -0.4 is 20.7 Å². The monoisotopic (exact) mass is 691 g/mol. The van der Waals surface area contributed by atoms with Crippen molar-refractivity contribution in [3.05, 3.63) is 200 Å². The number of rotatable bonds is 6. The van der Waals surface area contributed by atoms with Crippen molar-refractivity contribution in [2.45, 2.75) is 0 Å². The summed E-state index contributed by atoms with van der Waals surface area (Å²) in [6.45, 7) is 0. The average Bonchev–Trinajstić information content (AvgIpc) is 3.55. The third kappa shape index (κ3) is 5.23. The van der Waals surface area contributed by atoms with E-state index >= 15 is 0 Å². The summed E-state index contributed by atoms with van der Waals surface area (Å²) in [6.07, 6.45) is 0. The van der Waals surface area contributed by atoms with Crippen molar-refractivity contribution >= 4 is 39.6 Å². The normalized spacial score (nSPS) is 12.7. The topological polar surface area (TPSA) is 38.7 Å². The zero-order valence-corrected chi connectivity index (χ0v) is 29.9. The maximum atomic E-state index is 5.20. The van der Waals surface area contributed by atoms with E-state index in [2.05, 4.69) is 182 Å². The zero-order valence-electron chi connectivity index (χ0n) is 28.9. The van der Waals surface area contributed by atoms with Crippen LogP contribution in [0.15, 0.2) is 200 Å². The maximum absolute atomic E-state index is 5.20. The highest BCUT2D eigenvalue weighted by atomic mass is 28.3. The molecule has 0 saturated heterocycles. The van der Waals surface area contributed by atoms with Gasteiger partial charge in [-0.15, -0.1) is 0 Å². The maximum Gasteiger partial charge on any atom is 0.180 e. The predicted octanol–water partition coefficient (Wildman–Crippen LogP) is 9.05. The molecule has 0 saturated carbocycles. The van der Waals surface area contributed by atoms with Gasteiger partial charge in [0, 0.05) is 16.7 Å². The summed E-state index contributed by atoms with van der Waals surface area (Å²) in [4.78, 5) is 15.4. The molecule has 0 atom stereocenters. The standard InChI is InChI=1S/C49H33N3Si/c1-4-15-36(16-5-1)47-50-48(37-27-24-35(25-28-37)39-29-26-34-14-10-11-17-38(34)32-39)52-49(51-47)40-30-31-44-43-22-12-13-23-45(43)53(46(44)33-40,41-18-6-2-7-19-41)42-20-8-3-9-21-42/h1-33H. The lowest BCUT2D eigenvalue weighted by Gasteiger charge is -2.31. The van der Waals surface area contributed by atoms with Crippen molar-refractivity contribution in [2.75, 3.05) is 0 Å². The highest BCUT2D eigenvalue weighted by Gasteiger charge is 2.48. The van der Waals surface area contributed by atoms with Crippen molar-refractivity contribution in [3.63, 3.8) is 0 Å². The Hall–Kier alpha value is -6.75. The van der Waals surface area contributed by atoms with Gasteiger partial charge < -0.3 is 0 Å². The Morgan fingerprint density at radius 2 is 0.755 bits per heavy atom. The van der Waals surface area contributed by atoms with Crippen molar-refractivity contribution in [1.82, 2.24) is 15.0 Å². The van der Waals surface area contributed by atoms with Gasteiger partial charge in [-0.2, -0.15) is 0 Å². The van der Waals surface area contributed by atoms with Crippen LogP contribution in [0.25, 0.3) is 67.2 Å². The summed E-state index contributed by atoms with van der Waals surface area (Å²) in [6, 6.07) is 71.9. The Morgan fingerprint density at radius 1 is 0.283 bits per heavy atom. The molecule has 0 radical (unpaired) electrons. The summed E-state index contributed by atoms with van der Waals surface area (Å²) in [5, 5.41) is 7.97. The van der Waals surface area contributed by atoms with Gasteiger partial charge in [0.05, 0.1) is 0 Å². The molecule has 248 valence electrons. The number of hydrogen-bond acceptors (Lipinski definition) is 3. The molecule has 0 amide bonds. The van der Waals surface area contributed by atoms with E-state index in [1.807, 2.05) is 18.2 Å². The summed E-state index contributed by atoms with van der Waals surface area (Å²) in [7, 11) is -2.67. The molecule has 3 nitrogen and oxygen atoms in total. The molecule has 0 aliphatic carbocycles. The largest absolute Gasteiger partial charge is 0.208 e. The summed E-state index contributed by atoms with van der Waals surface area (Å²) in [5.41, 5.74) is 7.80. The van der Waals surface area contributed by atoms with Gasteiger partial charge in [0.2, 0.25) is 0 Å². The molecule has 8 aromatic carbocycles. The minimum atomic E-state index is -2.67. The third-order valence-electron chi connectivity index (χ3n) is 10.6. The summed E-state index contributed by atoms with van der Waals surface area (Å²) >= 11 is 0. The van der Waals surface area contributed by atoms with Gasteiger partial charge >= 0.3 is 0 Å². The van der Waals surface area contributed by atoms with Crippen molar-refractivity contribution in [2.24, 2.45) is 0 Å². The molecule has 0 fully saturated rings. The quantitative estimate of drug-likeness (QED) is 0.163. The fraction of sp³-hybridized carbons (Fsp3) is 0. The van der Waals surface area contributed by atoms with Crippen LogP contribution in [0.1, 0.15) is 0 Å². The number of fused-ring (bicyclic) bond motifs is 4. The van der Waals surface area contributed by atoms with Gasteiger partial charge in [-0.3, -0.25) is 0 Å². The number of aromatic nitrogens is 3. The molecule has 0 spiro atoms. The van der Waals surface area contributed by atoms with Crippen LogP contribution in [-0.4, -0.2) is 23.0 Å². The summed E-state index contributed by atoms with van der Waals surface area (Å²) < 4.78 is 0. The van der Waals surface area contributed by atoms with Gasteiger partial charge in [0.1, 0.15) is 0 Å². The lowest BCUT2D eigenvalue weighted by Crippen LogP contribution is -2.72. The molecule has 0 N–H and O–H groups in total. The number of nitrogens with zero attached hydrogens (tertiary/aromatic N) is 3. The van der Waals surface area contributed by atoms with E-state index in [1.165, 1.54) is 48.2 Å². The molecule has 53 heavy (non-hydrogen) atoms. The molecule has 10 rings (SSSR count). The van der Waals surface area contributed by atoms with Gasteiger partial charge in [0.25, 0.3) is 0 Å². The molecule has 1 aliphatic heterocycles. The molecule has 1 aromatic heterocycles. The Balaban J connectivity index is 1.14. The Bertz CT molecular complexity index is 2720. The minimum Gasteiger partial charge on any atom is -0.208 e. The van der Waals surface area contributed by atoms with Crippen LogP contribution in [0.3, 0.4) is 0 Å². The Morgan fingerprint density at radius 3 is 1.43 bits per heavy atom. The van der Waals surface area contributed by atoms with E-state index < -0.39 is 8.07 Å². The highest BCUT2D eigenvalue weighted by Crippen LogP contribution is 2.33. The molecule has 2 heterocycles. The van der Waals surface area contributed by atoms with Crippen LogP contribution in [0.2, 0.25) is 0 Å². The van der Waals surface area contributed by atoms with Gasteiger partial charge in [-0.05, 0) is 59.8 Å². The number of benzene rings is 8. The van der Waals surface area contributed by atoms with Gasteiger partial charge in [-0.1, -0.05) is 194 Å². The van der Waals surface area contributed by atoms with E-state index in [0.717, 1.165) is 22.3 Å². The second kappa shape index (κ2) is 12.8. The van der Waals surface area contributed by atoms with E-state index in [1.54, 1.807) is 0 Å². The first kappa shape index (κ1) is 31.0. The molecule has 0 unspecified atom stereocenters. The fourth-order valence-electron chi connectivity index (χ4n) is 8.11. The van der Waals surface area contributed by atoms with E-state index in [0.29, 0.717) is 17.5 Å². The molecule has 4 heteroatoms. The van der Waals surface area contributed by atoms with Gasteiger partial charge in [-0.25, -0.2) is 15.0 Å². The average molecular weight is 692 g/mol. The lowest BCUT2D eigenvalue weighted by atomic mass is 10.00. The highest BCUT2D eigenvalue weighted by molar-refractivity contribution is 7.22. The number of hydrogen-bond donors (Lipinski definition) is 0. The first-order chi connectivity index (χ1) is 26.3. The van der Waals surface area contributed by atoms with E-state index in [9.17, 15) is 0 Å². The van der Waals surface area contributed by atoms with Crippen LogP contribution in [0.5, 0.6) is 0 Å². The first-order valence-electron chi connectivity index (χ1n) is 18.0. The molecule has 1 aliphatic rings. The van der Waals surface area contributed by atoms with Crippen LogP contribution in [-0.2, 0) is 0 Å². The smallest absolute Gasteiger partial charge is 0.180 e. The predicted molar refractivity (Wildman–Crippen MR) is 222 cm³/mol. The minimum absolute atomic E-state index is 0.650. The van der Waals surface area contributed by atoms with Crippen LogP contribution in [0, 0.1) is 0 Å². The first-order valence-corrected chi connectivity index (χ1v) is 20.0. The third-order valence-corrected chi connectivity index (χ3v) is 15.5. The summed E-state index contributed by atoms with van der Waals surface area (Å²) in [5.74, 6) is 1.97. The zero-order chi connectivity index (χ0) is 35.2. The fourth-order valence-corrected chi connectivity index (χ4v) is 13.3. The molecule has 9 aromatic rings. The second-order valence-corrected chi connectivity index (χ2v) is 17.3. The Labute approximate surface area is 310 Å². The van der Waals surface area contributed by atoms with E-state index in [4.69, 9.17) is 15.0 Å². The van der Waals surface area contributed by atoms with Crippen molar-refractivity contribution < 1.29 is 0 Å². The molecular formula is C49H33N3Si. The molecular weight excluding hydrogens is 659 g/mol. The van der Waals surface area contributed by atoms with Crippen molar-refractivity contribution in [1.29, 1.82) is 0 Å². The van der Waals surface area contributed by atoms with Crippen LogP contribution >= 0.6 is 0 Å². The van der Waals surface area contributed by atoms with E-state index in [-0.39, 0.29) is 0 Å². The lowest BCUT2D eigenvalue weighted by molar-refractivity contribution is 1.07. The SMILES string of the molecule is c1ccc(-c2nc(-c3ccc(-c4ccc5ccccc5c4)cc3)nc(-c3ccc4c(c3)[Si](c3ccccc3)(c3ccccc3)c3ccccc3-4)n2)cc1. The Kier molecular flexibility index (Phi) is 7.48. The molecule has 0 bridgehead atoms. The second-order valence-electron chi connectivity index (χ2n) is 13.6.